The van der Waals surface area contributed by atoms with Crippen molar-refractivity contribution in [3.05, 3.63) is 128 Å². The minimum absolute atomic E-state index is 0.224. The highest BCUT2D eigenvalue weighted by Crippen LogP contribution is 2.49. The first kappa shape index (κ1) is 37.1. The number of hydrogen-bond donors (Lipinski definition) is 1. The summed E-state index contributed by atoms with van der Waals surface area (Å²) in [4.78, 5) is 56.0. The van der Waals surface area contributed by atoms with Crippen molar-refractivity contribution in [2.45, 2.75) is 38.7 Å². The number of aliphatic hydroxyl groups is 1. The van der Waals surface area contributed by atoms with E-state index in [0.29, 0.717) is 41.8 Å². The fourth-order valence-electron chi connectivity index (χ4n) is 11.2. The average molecular weight is 959 g/mol. The molecule has 8 heterocycles. The lowest BCUT2D eigenvalue weighted by molar-refractivity contribution is 0.0679. The van der Waals surface area contributed by atoms with Crippen LogP contribution in [-0.4, -0.2) is 77.0 Å². The fourth-order valence-corrected chi connectivity index (χ4v) is 11.9. The number of carbonyl (C=O) groups excluding carboxylic acids is 4. The topological polar surface area (TPSA) is 115 Å². The molecule has 1 unspecified atom stereocenters. The van der Waals surface area contributed by atoms with Crippen LogP contribution in [0.1, 0.15) is 47.9 Å². The molecule has 1 N–H and O–H groups in total. The lowest BCUT2D eigenvalue weighted by Crippen LogP contribution is -2.24. The van der Waals surface area contributed by atoms with Crippen LogP contribution in [0.4, 0.5) is 0 Å². The van der Waals surface area contributed by atoms with Gasteiger partial charge in [-0.2, -0.15) is 0 Å². The molecule has 4 aliphatic rings. The van der Waals surface area contributed by atoms with E-state index in [0.717, 1.165) is 109 Å². The van der Waals surface area contributed by atoms with Crippen LogP contribution >= 0.6 is 31.9 Å². The molecule has 10 aromatic rings. The third-order valence-corrected chi connectivity index (χ3v) is 14.8. The zero-order valence-corrected chi connectivity index (χ0v) is 37.0. The number of fused-ring (bicyclic) bond motifs is 18. The molecule has 4 aliphatic heterocycles. The second-order valence-corrected chi connectivity index (χ2v) is 18.8. The molecular formula is C50H34Br2N6O5. The zero-order valence-electron chi connectivity index (χ0n) is 33.9. The first-order valence-corrected chi connectivity index (χ1v) is 22.5. The van der Waals surface area contributed by atoms with Gasteiger partial charge in [0, 0.05) is 114 Å². The summed E-state index contributed by atoms with van der Waals surface area (Å²) in [6.45, 7) is 2.52. The maximum absolute atomic E-state index is 13.4. The quantitative estimate of drug-likeness (QED) is 0.120. The van der Waals surface area contributed by atoms with E-state index in [9.17, 15) is 24.3 Å². The Morgan fingerprint density at radius 1 is 0.492 bits per heavy atom. The Labute approximate surface area is 374 Å². The van der Waals surface area contributed by atoms with Gasteiger partial charge in [-0.1, -0.05) is 80.4 Å². The normalized spacial score (nSPS) is 17.6. The lowest BCUT2D eigenvalue weighted by Gasteiger charge is -2.20. The number of aromatic nitrogens is 4. The highest BCUT2D eigenvalue weighted by atomic mass is 79.9. The first-order chi connectivity index (χ1) is 30.5. The van der Waals surface area contributed by atoms with Crippen molar-refractivity contribution in [3.8, 4) is 0 Å². The molecule has 63 heavy (non-hydrogen) atoms. The van der Waals surface area contributed by atoms with Gasteiger partial charge < -0.3 is 23.4 Å². The highest BCUT2D eigenvalue weighted by Gasteiger charge is 2.42. The van der Waals surface area contributed by atoms with Gasteiger partial charge in [-0.15, -0.1) is 0 Å². The van der Waals surface area contributed by atoms with Crippen molar-refractivity contribution in [1.29, 1.82) is 0 Å². The van der Waals surface area contributed by atoms with Gasteiger partial charge in [-0.25, -0.2) is 0 Å². The number of aryl methyl sites for hydroxylation is 1. The van der Waals surface area contributed by atoms with Gasteiger partial charge in [0.2, 0.25) is 0 Å². The number of halogens is 2. The van der Waals surface area contributed by atoms with E-state index in [1.165, 1.54) is 9.80 Å². The molecule has 0 bridgehead atoms. The highest BCUT2D eigenvalue weighted by molar-refractivity contribution is 9.10. The van der Waals surface area contributed by atoms with E-state index in [-0.39, 0.29) is 23.6 Å². The molecule has 6 aromatic carbocycles. The van der Waals surface area contributed by atoms with Crippen LogP contribution in [0, 0.1) is 0 Å². The van der Waals surface area contributed by atoms with E-state index in [1.54, 1.807) is 14.1 Å². The van der Waals surface area contributed by atoms with Crippen molar-refractivity contribution in [2.75, 3.05) is 14.1 Å². The molecule has 4 aromatic heterocycles. The monoisotopic (exact) mass is 956 g/mol. The van der Waals surface area contributed by atoms with Gasteiger partial charge in [-0.3, -0.25) is 29.0 Å². The minimum Gasteiger partial charge on any atom is -0.391 e. The molecule has 1 atom stereocenters. The number of imide groups is 2. The SMILES string of the molecule is CN1C(=O)c2c(c3c4cc(Br)ccc4n4c3c3c2c2ccccc2n3C/C=C\C4)C1=O.CN1C(=O)c2c(c3c4ccccc4n4c3c3c2c2cc(Br)ccc2n3CCC(O)C4)C1=O. The Morgan fingerprint density at radius 3 is 1.37 bits per heavy atom. The Balaban J connectivity index is 0.000000128. The van der Waals surface area contributed by atoms with Crippen LogP contribution in [0.25, 0.3) is 87.2 Å². The number of allylic oxidation sites excluding steroid dienone is 2. The molecule has 11 nitrogen and oxygen atoms in total. The average Bonchev–Trinajstić information content (AvgIpc) is 4.06. The fraction of sp³-hybridized carbons (Fsp3) is 0.160. The molecule has 0 fully saturated rings. The smallest absolute Gasteiger partial charge is 0.262 e. The molecule has 0 saturated carbocycles. The number of hydrogen-bond acceptors (Lipinski definition) is 5. The number of carbonyl (C=O) groups is 4. The van der Waals surface area contributed by atoms with Crippen molar-refractivity contribution in [2.24, 2.45) is 0 Å². The Morgan fingerprint density at radius 2 is 0.873 bits per heavy atom. The maximum atomic E-state index is 13.4. The van der Waals surface area contributed by atoms with Gasteiger partial charge >= 0.3 is 0 Å². The van der Waals surface area contributed by atoms with E-state index < -0.39 is 6.10 Å². The summed E-state index contributed by atoms with van der Waals surface area (Å²) in [5.74, 6) is -0.980. The third-order valence-electron chi connectivity index (χ3n) is 13.8. The molecule has 0 spiro atoms. The Bertz CT molecular complexity index is 3900. The Hall–Kier alpha value is -6.54. The van der Waals surface area contributed by atoms with Crippen LogP contribution in [-0.2, 0) is 26.2 Å². The summed E-state index contributed by atoms with van der Waals surface area (Å²) in [6, 6.07) is 28.4. The summed E-state index contributed by atoms with van der Waals surface area (Å²) in [6.07, 6.45) is 4.44. The molecule has 13 heteroatoms. The number of aliphatic hydroxyl groups excluding tert-OH is 1. The van der Waals surface area contributed by atoms with Gasteiger partial charge in [-0.05, 0) is 55.0 Å². The van der Waals surface area contributed by atoms with Crippen molar-refractivity contribution in [1.82, 2.24) is 28.1 Å². The molecule has 14 rings (SSSR count). The van der Waals surface area contributed by atoms with E-state index in [4.69, 9.17) is 0 Å². The van der Waals surface area contributed by atoms with Gasteiger partial charge in [0.25, 0.3) is 23.6 Å². The van der Waals surface area contributed by atoms with Crippen LogP contribution < -0.4 is 0 Å². The van der Waals surface area contributed by atoms with Gasteiger partial charge in [0.1, 0.15) is 0 Å². The summed E-state index contributed by atoms with van der Waals surface area (Å²) >= 11 is 7.18. The first-order valence-electron chi connectivity index (χ1n) is 20.9. The van der Waals surface area contributed by atoms with Gasteiger partial charge in [0.15, 0.2) is 0 Å². The molecular weight excluding hydrogens is 924 g/mol. The van der Waals surface area contributed by atoms with Crippen LogP contribution in [0.2, 0.25) is 0 Å². The molecule has 4 amide bonds. The number of para-hydroxylation sites is 2. The predicted molar refractivity (Wildman–Crippen MR) is 253 cm³/mol. The number of amides is 4. The summed E-state index contributed by atoms with van der Waals surface area (Å²) in [5.41, 5.74) is 10.1. The second-order valence-electron chi connectivity index (χ2n) is 17.0. The van der Waals surface area contributed by atoms with E-state index in [2.05, 4.69) is 86.5 Å². The van der Waals surface area contributed by atoms with Crippen molar-refractivity contribution in [3.63, 3.8) is 0 Å². The molecule has 0 saturated heterocycles. The second kappa shape index (κ2) is 12.8. The van der Waals surface area contributed by atoms with Crippen molar-refractivity contribution < 1.29 is 24.3 Å². The van der Waals surface area contributed by atoms with Crippen LogP contribution in [0.15, 0.2) is 106 Å². The summed E-state index contributed by atoms with van der Waals surface area (Å²) in [5, 5.41) is 18.1. The van der Waals surface area contributed by atoms with Crippen LogP contribution in [0.5, 0.6) is 0 Å². The third kappa shape index (κ3) is 4.61. The number of nitrogens with zero attached hydrogens (tertiary/aromatic N) is 6. The predicted octanol–water partition coefficient (Wildman–Crippen LogP) is 10.1. The van der Waals surface area contributed by atoms with Gasteiger partial charge in [0.05, 0.1) is 50.4 Å². The van der Waals surface area contributed by atoms with E-state index >= 15 is 0 Å². The Kier molecular flexibility index (Phi) is 7.52. The number of benzene rings is 6. The van der Waals surface area contributed by atoms with E-state index in [1.807, 2.05) is 60.7 Å². The summed E-state index contributed by atoms with van der Waals surface area (Å²) < 4.78 is 10.8. The number of rotatable bonds is 0. The largest absolute Gasteiger partial charge is 0.391 e. The lowest BCUT2D eigenvalue weighted by atomic mass is 9.96. The standard InChI is InChI=1S/C25H18BrN3O3.C25H16BrN3O2/c1-27-24(31)20-18-14-4-2-3-5-16(14)29-11-13(30)8-9-28-17-7-6-12(26)10-15(17)19(21(20)25(27)32)22(28)23(18)29;1-27-24(30)20-18-14-6-2-3-7-16(14)28-10-4-5-11-29-17-9-8-13(26)12-15(17)19(21(20)25(27)31)23(29)22(18)28/h2-7,10,13,30H,8-9,11H2,1H3;2-9,12H,10-11H2,1H3/b;5-4-. The van der Waals surface area contributed by atoms with Crippen LogP contribution in [0.3, 0.4) is 0 Å². The molecule has 308 valence electrons. The summed E-state index contributed by atoms with van der Waals surface area (Å²) in [7, 11) is 3.13. The minimum atomic E-state index is -0.515. The molecule has 0 aliphatic carbocycles. The molecule has 0 radical (unpaired) electrons. The zero-order chi connectivity index (χ0) is 42.9. The maximum Gasteiger partial charge on any atom is 0.262 e. The van der Waals surface area contributed by atoms with Crippen molar-refractivity contribution >= 4 is 143 Å².